The first-order chi connectivity index (χ1) is 21.9. The van der Waals surface area contributed by atoms with Gasteiger partial charge >= 0.3 is 18.3 Å². The summed E-state index contributed by atoms with van der Waals surface area (Å²) in [6, 6.07) is 3.99. The molecule has 246 valence electrons. The van der Waals surface area contributed by atoms with Gasteiger partial charge in [0.25, 0.3) is 5.69 Å². The highest BCUT2D eigenvalue weighted by Crippen LogP contribution is 2.59. The minimum atomic E-state index is -1.38. The van der Waals surface area contributed by atoms with Gasteiger partial charge in [-0.25, -0.2) is 14.4 Å². The number of carbonyl (C=O) groups is 5. The second-order valence-corrected chi connectivity index (χ2v) is 13.0. The van der Waals surface area contributed by atoms with Gasteiger partial charge in [0.1, 0.15) is 31.6 Å². The molecule has 3 heterocycles. The number of nitro groups is 1. The van der Waals surface area contributed by atoms with E-state index in [1.165, 1.54) is 64.8 Å². The third-order valence-electron chi connectivity index (χ3n) is 8.01. The zero-order valence-corrected chi connectivity index (χ0v) is 26.1. The molecule has 1 aliphatic carbocycles. The number of hydrogen-bond acceptors (Lipinski definition) is 16. The number of nitrogens with two attached hydrogens (primary N) is 2. The monoisotopic (exact) mass is 679 g/mol. The van der Waals surface area contributed by atoms with Gasteiger partial charge in [0, 0.05) is 48.4 Å². The van der Waals surface area contributed by atoms with Crippen molar-refractivity contribution in [2.24, 2.45) is 17.4 Å². The molecule has 4 N–H and O–H groups in total. The number of benzene rings is 1. The van der Waals surface area contributed by atoms with Gasteiger partial charge in [-0.2, -0.15) is 0 Å². The number of primary amides is 1. The van der Waals surface area contributed by atoms with Crippen LogP contribution in [-0.2, 0) is 28.5 Å². The Morgan fingerprint density at radius 2 is 1.72 bits per heavy atom. The summed E-state index contributed by atoms with van der Waals surface area (Å²) < 4.78 is 26.4. The van der Waals surface area contributed by atoms with Gasteiger partial charge in [-0.1, -0.05) is 21.6 Å². The third kappa shape index (κ3) is 5.80. The van der Waals surface area contributed by atoms with Crippen molar-refractivity contribution < 1.29 is 52.6 Å². The fraction of sp³-hybridized carbons (Fsp3) is 0.444. The van der Waals surface area contributed by atoms with Crippen molar-refractivity contribution in [2.75, 3.05) is 45.0 Å². The molecule has 5 rings (SSSR count). The summed E-state index contributed by atoms with van der Waals surface area (Å²) in [5, 5.41) is 10.7. The molecule has 2 fully saturated rings. The minimum absolute atomic E-state index is 0.0420. The number of allylic oxidation sites excluding steroid dienone is 2. The number of nitrogens with zero attached hydrogens (tertiary/aromatic N) is 3. The lowest BCUT2D eigenvalue weighted by Gasteiger charge is -2.40. The maximum absolute atomic E-state index is 13.3. The Balaban J connectivity index is 1.08. The second kappa shape index (κ2) is 13.1. The van der Waals surface area contributed by atoms with E-state index in [4.69, 9.17) is 35.2 Å². The SMILES string of the molecule is CO[C@@]12[C@H](COC(N)=O)C3=C(C(=O)C(C)=C(N)C3=O)N1C[C@H]1[C@@H]2N1C(=O)OCCSSCCOC(=O)Oc1ccc([N+](=O)[O-])cc1. The lowest BCUT2D eigenvalue weighted by Crippen LogP contribution is -2.56. The average Bonchev–Trinajstić information content (AvgIpc) is 3.54. The molecule has 0 unspecified atom stereocenters. The molecule has 17 nitrogen and oxygen atoms in total. The van der Waals surface area contributed by atoms with Crippen LogP contribution in [0.2, 0.25) is 0 Å². The van der Waals surface area contributed by atoms with E-state index < -0.39 is 52.5 Å². The number of hydrogen-bond donors (Lipinski definition) is 2. The summed E-state index contributed by atoms with van der Waals surface area (Å²) in [4.78, 5) is 76.0. The summed E-state index contributed by atoms with van der Waals surface area (Å²) in [5.74, 6) is -1.01. The molecule has 4 atom stereocenters. The van der Waals surface area contributed by atoms with Crippen LogP contribution in [-0.4, -0.2) is 107 Å². The molecular formula is C27H29N5O12S2. The summed E-state index contributed by atoms with van der Waals surface area (Å²) in [6.07, 6.45) is -2.64. The van der Waals surface area contributed by atoms with Crippen molar-refractivity contribution in [3.05, 3.63) is 56.9 Å². The Bertz CT molecular complexity index is 1550. The second-order valence-electron chi connectivity index (χ2n) is 10.3. The first-order valence-corrected chi connectivity index (χ1v) is 16.3. The summed E-state index contributed by atoms with van der Waals surface area (Å²) in [6.45, 7) is 1.38. The maximum Gasteiger partial charge on any atom is 0.513 e. The summed E-state index contributed by atoms with van der Waals surface area (Å²) in [5.41, 5.74) is 9.72. The van der Waals surface area contributed by atoms with Gasteiger partial charge < -0.3 is 40.1 Å². The number of piperazine rings is 1. The molecule has 0 aromatic heterocycles. The van der Waals surface area contributed by atoms with Crippen LogP contribution in [0.4, 0.5) is 20.1 Å². The highest BCUT2D eigenvalue weighted by molar-refractivity contribution is 8.76. The number of rotatable bonds is 12. The molecule has 2 amide bonds. The Morgan fingerprint density at radius 3 is 2.33 bits per heavy atom. The van der Waals surface area contributed by atoms with Gasteiger partial charge in [-0.3, -0.25) is 24.6 Å². The molecule has 1 aromatic carbocycles. The first-order valence-electron chi connectivity index (χ1n) is 13.8. The number of ether oxygens (including phenoxy) is 5. The van der Waals surface area contributed by atoms with Crippen molar-refractivity contribution >= 4 is 57.2 Å². The van der Waals surface area contributed by atoms with Gasteiger partial charge in [0.15, 0.2) is 5.72 Å². The van der Waals surface area contributed by atoms with Crippen LogP contribution >= 0.6 is 21.6 Å². The zero-order chi connectivity index (χ0) is 33.3. The number of fused-ring (bicyclic) bond motifs is 4. The molecule has 3 aliphatic heterocycles. The number of Topliss-reactive ketones (excluding diaryl/α,β-unsaturated/α-hetero) is 2. The lowest BCUT2D eigenvalue weighted by molar-refractivity contribution is -0.384. The summed E-state index contributed by atoms with van der Waals surface area (Å²) in [7, 11) is 4.15. The van der Waals surface area contributed by atoms with Crippen molar-refractivity contribution in [1.29, 1.82) is 0 Å². The Kier molecular flexibility index (Phi) is 9.36. The molecule has 0 bridgehead atoms. The molecule has 4 aliphatic rings. The quantitative estimate of drug-likeness (QED) is 0.0368. The Labute approximate surface area is 269 Å². The summed E-state index contributed by atoms with van der Waals surface area (Å²) >= 11 is 0. The van der Waals surface area contributed by atoms with E-state index in [0.717, 1.165) is 0 Å². The first kappa shape index (κ1) is 32.9. The van der Waals surface area contributed by atoms with E-state index >= 15 is 0 Å². The lowest BCUT2D eigenvalue weighted by atomic mass is 9.82. The molecule has 2 saturated heterocycles. The minimum Gasteiger partial charge on any atom is -0.449 e. The van der Waals surface area contributed by atoms with Crippen LogP contribution in [0, 0.1) is 16.0 Å². The van der Waals surface area contributed by atoms with Gasteiger partial charge in [0.2, 0.25) is 11.6 Å². The smallest absolute Gasteiger partial charge is 0.449 e. The fourth-order valence-electron chi connectivity index (χ4n) is 6.00. The van der Waals surface area contributed by atoms with Gasteiger partial charge in [-0.15, -0.1) is 0 Å². The highest BCUT2D eigenvalue weighted by Gasteiger charge is 2.78. The van der Waals surface area contributed by atoms with Crippen LogP contribution in [0.1, 0.15) is 6.92 Å². The molecule has 1 aromatic rings. The van der Waals surface area contributed by atoms with Crippen molar-refractivity contribution in [3.8, 4) is 5.75 Å². The molecule has 46 heavy (non-hydrogen) atoms. The molecular weight excluding hydrogens is 650 g/mol. The van der Waals surface area contributed by atoms with Crippen molar-refractivity contribution in [3.63, 3.8) is 0 Å². The van der Waals surface area contributed by atoms with E-state index in [0.29, 0.717) is 11.5 Å². The number of carbonyl (C=O) groups excluding carboxylic acids is 5. The standard InChI is InChI=1S/C27H29N5O12S2/c1-13-19(28)22(34)18-16(12-43-24(29)35)27(40-2)23-17(11-30(27)20(18)21(13)33)31(23)25(36)41-7-9-45-46-10-8-42-26(37)44-15-5-3-14(4-6-15)32(38)39/h3-6,16-17,23H,7-12,28H2,1-2H3,(H2,29,35)/t16-,17+,23+,27-,31?/m1/s1. The predicted octanol–water partition coefficient (Wildman–Crippen LogP) is 1.70. The van der Waals surface area contributed by atoms with E-state index in [2.05, 4.69) is 0 Å². The Morgan fingerprint density at radius 1 is 1.07 bits per heavy atom. The highest BCUT2D eigenvalue weighted by atomic mass is 33.1. The van der Waals surface area contributed by atoms with E-state index in [1.807, 2.05) is 0 Å². The van der Waals surface area contributed by atoms with Crippen LogP contribution in [0.15, 0.2) is 46.8 Å². The van der Waals surface area contributed by atoms with Crippen LogP contribution in [0.5, 0.6) is 5.75 Å². The Hall–Kier alpha value is -4.49. The van der Waals surface area contributed by atoms with Crippen LogP contribution < -0.4 is 16.2 Å². The number of amides is 2. The third-order valence-corrected chi connectivity index (χ3v) is 10.3. The zero-order valence-electron chi connectivity index (χ0n) is 24.5. The number of methoxy groups -OCH3 is 1. The van der Waals surface area contributed by atoms with Crippen LogP contribution in [0.25, 0.3) is 0 Å². The van der Waals surface area contributed by atoms with Gasteiger partial charge in [0.05, 0.1) is 28.3 Å². The largest absolute Gasteiger partial charge is 0.513 e. The maximum atomic E-state index is 13.3. The van der Waals surface area contributed by atoms with Crippen molar-refractivity contribution in [1.82, 2.24) is 9.80 Å². The predicted molar refractivity (Wildman–Crippen MR) is 160 cm³/mol. The van der Waals surface area contributed by atoms with Crippen molar-refractivity contribution in [2.45, 2.75) is 24.7 Å². The van der Waals surface area contributed by atoms with E-state index in [-0.39, 0.29) is 66.4 Å². The normalized spacial score (nSPS) is 24.3. The average molecular weight is 680 g/mol. The van der Waals surface area contributed by atoms with E-state index in [9.17, 15) is 34.1 Å². The fourth-order valence-corrected chi connectivity index (χ4v) is 7.66. The number of nitro benzene ring substituents is 1. The molecule has 19 heteroatoms. The molecule has 0 radical (unpaired) electrons. The number of non-ortho nitro benzene ring substituents is 1. The molecule has 0 spiro atoms. The van der Waals surface area contributed by atoms with E-state index in [1.54, 1.807) is 4.90 Å². The topological polar surface area (TPSA) is 233 Å². The molecule has 0 saturated carbocycles. The van der Waals surface area contributed by atoms with Crippen LogP contribution in [0.3, 0.4) is 0 Å². The van der Waals surface area contributed by atoms with Gasteiger partial charge in [-0.05, 0) is 19.1 Å². The number of ketones is 2.